The molecule has 0 unspecified atom stereocenters. The molecule has 7 nitrogen and oxygen atoms in total. The Kier molecular flexibility index (Phi) is 9.46. The maximum atomic E-state index is 13.2. The van der Waals surface area contributed by atoms with Crippen LogP contribution in [0.2, 0.25) is 5.02 Å². The molecule has 4 aromatic carbocycles. The summed E-state index contributed by atoms with van der Waals surface area (Å²) in [5.74, 6) is 0.627. The van der Waals surface area contributed by atoms with E-state index in [9.17, 15) is 13.2 Å². The van der Waals surface area contributed by atoms with E-state index in [4.69, 9.17) is 21.1 Å². The van der Waals surface area contributed by atoms with Gasteiger partial charge in [-0.1, -0.05) is 72.3 Å². The molecule has 0 aliphatic carbocycles. The Morgan fingerprint density at radius 2 is 1.41 bits per heavy atom. The lowest BCUT2D eigenvalue weighted by Gasteiger charge is -2.23. The van der Waals surface area contributed by atoms with Crippen molar-refractivity contribution < 1.29 is 22.7 Å². The minimum atomic E-state index is -3.90. The van der Waals surface area contributed by atoms with Crippen molar-refractivity contribution in [2.45, 2.75) is 24.9 Å². The van der Waals surface area contributed by atoms with E-state index >= 15 is 0 Å². The van der Waals surface area contributed by atoms with Gasteiger partial charge in [0.15, 0.2) is 6.61 Å². The summed E-state index contributed by atoms with van der Waals surface area (Å²) in [5.41, 5.74) is 2.38. The third kappa shape index (κ3) is 7.99. The van der Waals surface area contributed by atoms with Gasteiger partial charge in [0.05, 0.1) is 16.5 Å². The van der Waals surface area contributed by atoms with Gasteiger partial charge in [0.1, 0.15) is 11.5 Å². The Morgan fingerprint density at radius 3 is 1.95 bits per heavy atom. The predicted molar refractivity (Wildman–Crippen MR) is 153 cm³/mol. The molecule has 0 aromatic heterocycles. The van der Waals surface area contributed by atoms with Crippen LogP contribution >= 0.6 is 11.6 Å². The van der Waals surface area contributed by atoms with Crippen LogP contribution in [0, 0.1) is 0 Å². The normalized spacial score (nSPS) is 11.0. The Balaban J connectivity index is 1.42. The largest absolute Gasteiger partial charge is 0.494 e. The van der Waals surface area contributed by atoms with E-state index in [0.717, 1.165) is 11.1 Å². The molecular formula is C30H29ClN2O5S. The molecule has 4 rings (SSSR count). The zero-order valence-electron chi connectivity index (χ0n) is 21.4. The Labute approximate surface area is 234 Å². The lowest BCUT2D eigenvalue weighted by atomic mass is 10.1. The highest BCUT2D eigenvalue weighted by molar-refractivity contribution is 7.92. The van der Waals surface area contributed by atoms with Crippen LogP contribution in [0.1, 0.15) is 18.1 Å². The number of benzene rings is 4. The Bertz CT molecular complexity index is 1440. The lowest BCUT2D eigenvalue weighted by molar-refractivity contribution is -0.134. The molecule has 0 bridgehead atoms. The minimum Gasteiger partial charge on any atom is -0.494 e. The molecular weight excluding hydrogens is 536 g/mol. The number of carbonyl (C=O) groups is 1. The van der Waals surface area contributed by atoms with Gasteiger partial charge in [0.25, 0.3) is 15.9 Å². The number of hydrogen-bond acceptors (Lipinski definition) is 5. The quantitative estimate of drug-likeness (QED) is 0.223. The molecule has 0 radical (unpaired) electrons. The molecule has 0 aliphatic rings. The first-order chi connectivity index (χ1) is 18.8. The second-order valence-corrected chi connectivity index (χ2v) is 10.8. The number of ether oxygens (including phenoxy) is 2. The average molecular weight is 565 g/mol. The fraction of sp³-hybridized carbons (Fsp3) is 0.167. The number of halogens is 1. The first-order valence-electron chi connectivity index (χ1n) is 12.4. The highest BCUT2D eigenvalue weighted by Gasteiger charge is 2.19. The molecule has 202 valence electrons. The summed E-state index contributed by atoms with van der Waals surface area (Å²) in [5, 5.41) is 0.0787. The highest BCUT2D eigenvalue weighted by atomic mass is 35.5. The van der Waals surface area contributed by atoms with Crippen molar-refractivity contribution in [3.63, 3.8) is 0 Å². The minimum absolute atomic E-state index is 0.0326. The molecule has 9 heteroatoms. The second kappa shape index (κ2) is 13.2. The molecule has 1 amide bonds. The smallest absolute Gasteiger partial charge is 0.261 e. The predicted octanol–water partition coefficient (Wildman–Crippen LogP) is 6.15. The number of nitrogens with zero attached hydrogens (tertiary/aromatic N) is 1. The maximum absolute atomic E-state index is 13.2. The van der Waals surface area contributed by atoms with Crippen LogP contribution in [0.15, 0.2) is 108 Å². The van der Waals surface area contributed by atoms with Crippen LogP contribution in [0.4, 0.5) is 5.69 Å². The number of nitrogens with one attached hydrogen (secondary N) is 1. The van der Waals surface area contributed by atoms with Crippen molar-refractivity contribution in [2.24, 2.45) is 0 Å². The molecule has 4 aromatic rings. The zero-order valence-corrected chi connectivity index (χ0v) is 23.0. The molecule has 0 heterocycles. The number of hydrogen-bond donors (Lipinski definition) is 1. The first-order valence-corrected chi connectivity index (χ1v) is 14.2. The van der Waals surface area contributed by atoms with Crippen molar-refractivity contribution in [3.8, 4) is 11.5 Å². The van der Waals surface area contributed by atoms with Gasteiger partial charge in [0.2, 0.25) is 0 Å². The first kappa shape index (κ1) is 28.0. The summed E-state index contributed by atoms with van der Waals surface area (Å²) in [6.45, 7) is 2.97. The van der Waals surface area contributed by atoms with Crippen LogP contribution in [-0.2, 0) is 27.9 Å². The van der Waals surface area contributed by atoms with Gasteiger partial charge >= 0.3 is 0 Å². The van der Waals surface area contributed by atoms with Gasteiger partial charge in [-0.3, -0.25) is 9.52 Å². The van der Waals surface area contributed by atoms with Crippen molar-refractivity contribution >= 4 is 33.2 Å². The molecule has 0 atom stereocenters. The standard InChI is InChI=1S/C30H29ClN2O5S/c1-2-37-26-15-13-25(14-16-26)32-39(35,36)27-17-18-29(28(31)19-27)38-22-30(34)33(20-23-9-5-3-6-10-23)21-24-11-7-4-8-12-24/h3-19,32H,2,20-22H2,1H3. The Hall–Kier alpha value is -4.01. The summed E-state index contributed by atoms with van der Waals surface area (Å²) in [6.07, 6.45) is 0. The summed E-state index contributed by atoms with van der Waals surface area (Å²) < 4.78 is 39.4. The molecule has 39 heavy (non-hydrogen) atoms. The second-order valence-electron chi connectivity index (χ2n) is 8.66. The number of rotatable bonds is 12. The van der Waals surface area contributed by atoms with Crippen LogP contribution < -0.4 is 14.2 Å². The average Bonchev–Trinajstić information content (AvgIpc) is 2.94. The van der Waals surface area contributed by atoms with Crippen molar-refractivity contribution in [1.29, 1.82) is 0 Å². The maximum Gasteiger partial charge on any atom is 0.261 e. The van der Waals surface area contributed by atoms with E-state index in [0.29, 0.717) is 31.1 Å². The van der Waals surface area contributed by atoms with Gasteiger partial charge in [-0.25, -0.2) is 8.42 Å². The van der Waals surface area contributed by atoms with E-state index in [1.54, 1.807) is 29.2 Å². The topological polar surface area (TPSA) is 84.9 Å². The van der Waals surface area contributed by atoms with E-state index in [2.05, 4.69) is 4.72 Å². The molecule has 0 saturated heterocycles. The van der Waals surface area contributed by atoms with E-state index in [1.165, 1.54) is 18.2 Å². The molecule has 0 spiro atoms. The summed E-state index contributed by atoms with van der Waals surface area (Å²) in [6, 6.07) is 30.1. The van der Waals surface area contributed by atoms with Crippen LogP contribution in [0.5, 0.6) is 11.5 Å². The van der Waals surface area contributed by atoms with Crippen molar-refractivity contribution in [3.05, 3.63) is 119 Å². The SMILES string of the molecule is CCOc1ccc(NS(=O)(=O)c2ccc(OCC(=O)N(Cc3ccccc3)Cc3ccccc3)c(Cl)c2)cc1. The van der Waals surface area contributed by atoms with Crippen LogP contribution in [0.3, 0.4) is 0 Å². The van der Waals surface area contributed by atoms with E-state index in [1.807, 2.05) is 67.6 Å². The van der Waals surface area contributed by atoms with Crippen LogP contribution in [-0.4, -0.2) is 32.4 Å². The van der Waals surface area contributed by atoms with Crippen molar-refractivity contribution in [2.75, 3.05) is 17.9 Å². The number of sulfonamides is 1. The molecule has 1 N–H and O–H groups in total. The third-order valence-corrected chi connectivity index (χ3v) is 7.44. The van der Waals surface area contributed by atoms with Gasteiger partial charge < -0.3 is 14.4 Å². The van der Waals surface area contributed by atoms with Gasteiger partial charge in [-0.05, 0) is 60.5 Å². The highest BCUT2D eigenvalue weighted by Crippen LogP contribution is 2.29. The van der Waals surface area contributed by atoms with E-state index < -0.39 is 10.0 Å². The summed E-state index contributed by atoms with van der Waals surface area (Å²) in [7, 11) is -3.90. The van der Waals surface area contributed by atoms with Gasteiger partial charge in [0, 0.05) is 18.8 Å². The monoisotopic (exact) mass is 564 g/mol. The fourth-order valence-corrected chi connectivity index (χ4v) is 5.22. The molecule has 0 saturated carbocycles. The van der Waals surface area contributed by atoms with Crippen molar-refractivity contribution in [1.82, 2.24) is 4.90 Å². The fourth-order valence-electron chi connectivity index (χ4n) is 3.84. The number of amides is 1. The van der Waals surface area contributed by atoms with Gasteiger partial charge in [-0.2, -0.15) is 0 Å². The van der Waals surface area contributed by atoms with Gasteiger partial charge in [-0.15, -0.1) is 0 Å². The summed E-state index contributed by atoms with van der Waals surface area (Å²) in [4.78, 5) is 14.8. The lowest BCUT2D eigenvalue weighted by Crippen LogP contribution is -2.34. The number of anilines is 1. The number of carbonyl (C=O) groups excluding carboxylic acids is 1. The zero-order chi connectivity index (χ0) is 27.7. The van der Waals surface area contributed by atoms with E-state index in [-0.39, 0.29) is 28.2 Å². The Morgan fingerprint density at radius 1 is 0.821 bits per heavy atom. The van der Waals surface area contributed by atoms with Crippen LogP contribution in [0.25, 0.3) is 0 Å². The molecule has 0 aliphatic heterocycles. The third-order valence-electron chi connectivity index (χ3n) is 5.77. The summed E-state index contributed by atoms with van der Waals surface area (Å²) >= 11 is 6.36. The molecule has 0 fully saturated rings.